The van der Waals surface area contributed by atoms with Crippen LogP contribution in [0.15, 0.2) is 42.5 Å². The molecule has 4 rings (SSSR count). The van der Waals surface area contributed by atoms with Crippen LogP contribution < -0.4 is 14.8 Å². The van der Waals surface area contributed by atoms with Crippen LogP contribution in [0.3, 0.4) is 0 Å². The van der Waals surface area contributed by atoms with Crippen LogP contribution in [0.25, 0.3) is 10.2 Å². The second kappa shape index (κ2) is 7.55. The van der Waals surface area contributed by atoms with Crippen molar-refractivity contribution in [2.24, 2.45) is 0 Å². The van der Waals surface area contributed by atoms with Crippen LogP contribution in [-0.2, 0) is 10.5 Å². The Morgan fingerprint density at radius 3 is 2.88 bits per heavy atom. The van der Waals surface area contributed by atoms with Crippen LogP contribution in [0.5, 0.6) is 11.5 Å². The second-order valence-corrected chi connectivity index (χ2v) is 8.32. The summed E-state index contributed by atoms with van der Waals surface area (Å²) < 4.78 is 12.2. The van der Waals surface area contributed by atoms with Gasteiger partial charge >= 0.3 is 0 Å². The summed E-state index contributed by atoms with van der Waals surface area (Å²) in [5.74, 6) is 2.07. The smallest absolute Gasteiger partial charge is 0.237 e. The highest BCUT2D eigenvalue weighted by Gasteiger charge is 2.17. The predicted molar refractivity (Wildman–Crippen MR) is 106 cm³/mol. The molecule has 3 aromatic rings. The van der Waals surface area contributed by atoms with Crippen LogP contribution in [0.2, 0.25) is 0 Å². The molecule has 0 radical (unpaired) electrons. The Hall–Kier alpha value is -2.25. The largest absolute Gasteiger partial charge is 0.486 e. The minimum atomic E-state index is -0.185. The summed E-state index contributed by atoms with van der Waals surface area (Å²) in [6, 6.07) is 13.5. The molecule has 0 bridgehead atoms. The maximum absolute atomic E-state index is 12.5. The Bertz CT molecular complexity index is 908. The van der Waals surface area contributed by atoms with Crippen LogP contribution in [0.4, 0.5) is 5.69 Å². The molecule has 1 N–H and O–H groups in total. The lowest BCUT2D eigenvalue weighted by atomic mass is 10.2. The van der Waals surface area contributed by atoms with E-state index < -0.39 is 0 Å². The van der Waals surface area contributed by atoms with E-state index >= 15 is 0 Å². The number of amides is 1. The lowest BCUT2D eigenvalue weighted by Crippen LogP contribution is -2.23. The number of nitrogens with zero attached hydrogens (tertiary/aromatic N) is 1. The van der Waals surface area contributed by atoms with Gasteiger partial charge in [0, 0.05) is 17.5 Å². The molecular formula is C19H18N2O3S2. The third kappa shape index (κ3) is 3.78. The SMILES string of the molecule is CC(SCc1nc2ccccc2s1)C(=O)Nc1ccc2c(c1)OCCO2. The number of carbonyl (C=O) groups excluding carboxylic acids is 1. The highest BCUT2D eigenvalue weighted by atomic mass is 32.2. The topological polar surface area (TPSA) is 60.5 Å². The molecule has 1 aromatic heterocycles. The number of anilines is 1. The Labute approximate surface area is 159 Å². The van der Waals surface area contributed by atoms with E-state index in [1.807, 2.05) is 37.3 Å². The van der Waals surface area contributed by atoms with Gasteiger partial charge in [0.05, 0.1) is 15.5 Å². The van der Waals surface area contributed by atoms with Crippen molar-refractivity contribution in [3.05, 3.63) is 47.5 Å². The third-order valence-electron chi connectivity index (χ3n) is 3.97. The van der Waals surface area contributed by atoms with E-state index in [4.69, 9.17) is 9.47 Å². The van der Waals surface area contributed by atoms with Crippen LogP contribution >= 0.6 is 23.1 Å². The average Bonchev–Trinajstić information content (AvgIpc) is 3.09. The van der Waals surface area contributed by atoms with Gasteiger partial charge in [-0.05, 0) is 31.2 Å². The molecule has 1 unspecified atom stereocenters. The molecule has 1 atom stereocenters. The number of hydrogen-bond acceptors (Lipinski definition) is 6. The molecule has 1 amide bonds. The molecule has 7 heteroatoms. The Morgan fingerprint density at radius 1 is 1.23 bits per heavy atom. The molecule has 0 fully saturated rings. The van der Waals surface area contributed by atoms with E-state index in [0.717, 1.165) is 16.3 Å². The normalized spacial score (nSPS) is 14.2. The standard InChI is InChI=1S/C19H18N2O3S2/c1-12(25-11-18-21-14-4-2-3-5-17(14)26-18)19(22)20-13-6-7-15-16(10-13)24-9-8-23-15/h2-7,10,12H,8-9,11H2,1H3,(H,20,22). The summed E-state index contributed by atoms with van der Waals surface area (Å²) >= 11 is 3.26. The first-order chi connectivity index (χ1) is 12.7. The van der Waals surface area contributed by atoms with Crippen molar-refractivity contribution < 1.29 is 14.3 Å². The number of rotatable bonds is 5. The van der Waals surface area contributed by atoms with Gasteiger partial charge in [0.15, 0.2) is 11.5 Å². The molecule has 0 saturated carbocycles. The number of para-hydroxylation sites is 1. The first kappa shape index (κ1) is 17.2. The molecule has 0 aliphatic carbocycles. The molecule has 0 spiro atoms. The summed E-state index contributed by atoms with van der Waals surface area (Å²) in [7, 11) is 0. The molecule has 134 valence electrons. The number of nitrogens with one attached hydrogen (secondary N) is 1. The molecule has 1 aliphatic rings. The number of thiazole rings is 1. The number of ether oxygens (including phenoxy) is 2. The van der Waals surface area contributed by atoms with Crippen molar-refractivity contribution in [3.63, 3.8) is 0 Å². The second-order valence-electron chi connectivity index (χ2n) is 5.88. The number of carbonyl (C=O) groups is 1. The Kier molecular flexibility index (Phi) is 4.99. The Morgan fingerprint density at radius 2 is 2.04 bits per heavy atom. The fourth-order valence-electron chi connectivity index (χ4n) is 2.62. The number of fused-ring (bicyclic) bond motifs is 2. The molecule has 0 saturated heterocycles. The zero-order chi connectivity index (χ0) is 17.9. The van der Waals surface area contributed by atoms with E-state index in [1.54, 1.807) is 29.2 Å². The third-order valence-corrected chi connectivity index (χ3v) is 6.35. The summed E-state index contributed by atoms with van der Waals surface area (Å²) in [5.41, 5.74) is 1.73. The van der Waals surface area contributed by atoms with Crippen molar-refractivity contribution in [1.82, 2.24) is 4.98 Å². The van der Waals surface area contributed by atoms with Crippen molar-refractivity contribution in [2.45, 2.75) is 17.9 Å². The molecule has 5 nitrogen and oxygen atoms in total. The van der Waals surface area contributed by atoms with Crippen molar-refractivity contribution in [3.8, 4) is 11.5 Å². The molecule has 26 heavy (non-hydrogen) atoms. The number of benzene rings is 2. The zero-order valence-corrected chi connectivity index (χ0v) is 15.9. The van der Waals surface area contributed by atoms with Gasteiger partial charge in [-0.3, -0.25) is 4.79 Å². The van der Waals surface area contributed by atoms with Gasteiger partial charge in [-0.2, -0.15) is 0 Å². The maximum Gasteiger partial charge on any atom is 0.237 e. The minimum absolute atomic E-state index is 0.0345. The van der Waals surface area contributed by atoms with Crippen LogP contribution in [-0.4, -0.2) is 29.4 Å². The first-order valence-electron chi connectivity index (χ1n) is 8.35. The lowest BCUT2D eigenvalue weighted by molar-refractivity contribution is -0.115. The van der Waals surface area contributed by atoms with E-state index in [2.05, 4.69) is 16.4 Å². The molecule has 2 aromatic carbocycles. The van der Waals surface area contributed by atoms with E-state index in [0.29, 0.717) is 30.4 Å². The quantitative estimate of drug-likeness (QED) is 0.707. The number of aromatic nitrogens is 1. The van der Waals surface area contributed by atoms with Gasteiger partial charge in [-0.15, -0.1) is 23.1 Å². The highest BCUT2D eigenvalue weighted by Crippen LogP contribution is 2.33. The van der Waals surface area contributed by atoms with Crippen molar-refractivity contribution in [1.29, 1.82) is 0 Å². The number of thioether (sulfide) groups is 1. The van der Waals surface area contributed by atoms with Crippen molar-refractivity contribution >= 4 is 44.9 Å². The summed E-state index contributed by atoms with van der Waals surface area (Å²) in [5, 5.41) is 3.79. The van der Waals surface area contributed by atoms with E-state index in [1.165, 1.54) is 4.70 Å². The highest BCUT2D eigenvalue weighted by molar-refractivity contribution is 7.99. The molecule has 1 aliphatic heterocycles. The first-order valence-corrected chi connectivity index (χ1v) is 10.2. The predicted octanol–water partition coefficient (Wildman–Crippen LogP) is 4.33. The summed E-state index contributed by atoms with van der Waals surface area (Å²) in [4.78, 5) is 17.1. The van der Waals surface area contributed by atoms with E-state index in [-0.39, 0.29) is 11.2 Å². The van der Waals surface area contributed by atoms with Gasteiger partial charge in [0.2, 0.25) is 5.91 Å². The number of hydrogen-bond donors (Lipinski definition) is 1. The van der Waals surface area contributed by atoms with Gasteiger partial charge in [-0.25, -0.2) is 4.98 Å². The van der Waals surface area contributed by atoms with Crippen LogP contribution in [0.1, 0.15) is 11.9 Å². The van der Waals surface area contributed by atoms with Crippen molar-refractivity contribution in [2.75, 3.05) is 18.5 Å². The fourth-order valence-corrected chi connectivity index (χ4v) is 4.49. The van der Waals surface area contributed by atoms with E-state index in [9.17, 15) is 4.79 Å². The van der Waals surface area contributed by atoms with Gasteiger partial charge in [-0.1, -0.05) is 12.1 Å². The summed E-state index contributed by atoms with van der Waals surface area (Å²) in [6.07, 6.45) is 0. The summed E-state index contributed by atoms with van der Waals surface area (Å²) in [6.45, 7) is 2.99. The van der Waals surface area contributed by atoms with Crippen LogP contribution in [0, 0.1) is 0 Å². The monoisotopic (exact) mass is 386 g/mol. The molecule has 2 heterocycles. The van der Waals surface area contributed by atoms with Gasteiger partial charge in [0.1, 0.15) is 18.2 Å². The zero-order valence-electron chi connectivity index (χ0n) is 14.2. The Balaban J connectivity index is 1.35. The minimum Gasteiger partial charge on any atom is -0.486 e. The fraction of sp³-hybridized carbons (Fsp3) is 0.263. The average molecular weight is 386 g/mol. The lowest BCUT2D eigenvalue weighted by Gasteiger charge is -2.19. The molecular weight excluding hydrogens is 368 g/mol. The van der Waals surface area contributed by atoms with Gasteiger partial charge in [0.25, 0.3) is 0 Å². The van der Waals surface area contributed by atoms with Gasteiger partial charge < -0.3 is 14.8 Å². The maximum atomic E-state index is 12.5.